The predicted molar refractivity (Wildman–Crippen MR) is 117 cm³/mol. The Hall–Kier alpha value is -3.41. The monoisotopic (exact) mass is 399 g/mol. The lowest BCUT2D eigenvalue weighted by atomic mass is 9.93. The molecule has 4 heterocycles. The second-order valence-electron chi connectivity index (χ2n) is 7.98. The fourth-order valence-corrected chi connectivity index (χ4v) is 4.42. The van der Waals surface area contributed by atoms with Crippen molar-refractivity contribution in [2.45, 2.75) is 32.1 Å². The van der Waals surface area contributed by atoms with E-state index in [4.69, 9.17) is 4.98 Å². The third-order valence-corrected chi connectivity index (χ3v) is 6.04. The standard InChI is InChI=1S/C24H25N5O/c1-17-25-11-13-29(17)23-10-4-9-21(27-23)18-6-5-12-28(16-18)24(30)14-19-15-26-22-8-3-2-7-20(19)22/h2-4,7-11,13,15,18,26H,5-6,12,14,16H2,1H3/t18-/m0/s1. The van der Waals surface area contributed by atoms with Gasteiger partial charge in [0.1, 0.15) is 11.6 Å². The molecule has 1 aliphatic rings. The molecule has 4 aromatic rings. The Morgan fingerprint density at radius 2 is 2.10 bits per heavy atom. The third kappa shape index (κ3) is 3.49. The fourth-order valence-electron chi connectivity index (χ4n) is 4.42. The maximum Gasteiger partial charge on any atom is 0.227 e. The molecule has 0 radical (unpaired) electrons. The Bertz CT molecular complexity index is 1190. The lowest BCUT2D eigenvalue weighted by molar-refractivity contribution is -0.131. The van der Waals surface area contributed by atoms with Gasteiger partial charge in [-0.3, -0.25) is 9.36 Å². The number of aromatic amines is 1. The van der Waals surface area contributed by atoms with Crippen molar-refractivity contribution in [3.8, 4) is 5.82 Å². The zero-order valence-electron chi connectivity index (χ0n) is 17.1. The molecule has 1 aliphatic heterocycles. The summed E-state index contributed by atoms with van der Waals surface area (Å²) in [6, 6.07) is 14.3. The number of piperidine rings is 1. The van der Waals surface area contributed by atoms with Gasteiger partial charge in [-0.05, 0) is 43.5 Å². The Morgan fingerprint density at radius 3 is 2.97 bits per heavy atom. The zero-order valence-corrected chi connectivity index (χ0v) is 17.1. The van der Waals surface area contributed by atoms with Crippen molar-refractivity contribution in [1.82, 2.24) is 24.4 Å². The number of nitrogens with zero attached hydrogens (tertiary/aromatic N) is 4. The molecule has 6 heteroatoms. The van der Waals surface area contributed by atoms with Gasteiger partial charge in [0.2, 0.25) is 5.91 Å². The van der Waals surface area contributed by atoms with E-state index in [9.17, 15) is 4.79 Å². The SMILES string of the molecule is Cc1nccn1-c1cccc([C@H]2CCCN(C(=O)Cc3c[nH]c4ccccc34)C2)n1. The summed E-state index contributed by atoms with van der Waals surface area (Å²) in [5.41, 5.74) is 3.19. The van der Waals surface area contributed by atoms with Gasteiger partial charge in [-0.25, -0.2) is 9.97 Å². The first-order valence-electron chi connectivity index (χ1n) is 10.5. The summed E-state index contributed by atoms with van der Waals surface area (Å²) in [6.45, 7) is 3.51. The van der Waals surface area contributed by atoms with E-state index in [1.54, 1.807) is 6.20 Å². The number of carbonyl (C=O) groups is 1. The van der Waals surface area contributed by atoms with Crippen LogP contribution in [0.3, 0.4) is 0 Å². The highest BCUT2D eigenvalue weighted by molar-refractivity contribution is 5.88. The number of amides is 1. The van der Waals surface area contributed by atoms with Crippen molar-refractivity contribution in [1.29, 1.82) is 0 Å². The largest absolute Gasteiger partial charge is 0.361 e. The number of pyridine rings is 1. The van der Waals surface area contributed by atoms with Crippen molar-refractivity contribution in [3.63, 3.8) is 0 Å². The predicted octanol–water partition coefficient (Wildman–Crippen LogP) is 4.01. The molecule has 0 spiro atoms. The first kappa shape index (κ1) is 18.6. The van der Waals surface area contributed by atoms with Gasteiger partial charge < -0.3 is 9.88 Å². The Balaban J connectivity index is 1.32. The van der Waals surface area contributed by atoms with Gasteiger partial charge >= 0.3 is 0 Å². The summed E-state index contributed by atoms with van der Waals surface area (Å²) in [5.74, 6) is 2.24. The van der Waals surface area contributed by atoms with Gasteiger partial charge in [0.15, 0.2) is 0 Å². The number of hydrogen-bond donors (Lipinski definition) is 1. The van der Waals surface area contributed by atoms with E-state index in [0.29, 0.717) is 6.42 Å². The summed E-state index contributed by atoms with van der Waals surface area (Å²) in [7, 11) is 0. The van der Waals surface area contributed by atoms with Crippen LogP contribution in [0, 0.1) is 6.92 Å². The van der Waals surface area contributed by atoms with Crippen LogP contribution in [-0.2, 0) is 11.2 Å². The molecule has 0 saturated carbocycles. The highest BCUT2D eigenvalue weighted by atomic mass is 16.2. The smallest absolute Gasteiger partial charge is 0.227 e. The topological polar surface area (TPSA) is 66.8 Å². The minimum Gasteiger partial charge on any atom is -0.361 e. The molecule has 0 aliphatic carbocycles. The quantitative estimate of drug-likeness (QED) is 0.564. The van der Waals surface area contributed by atoms with Crippen LogP contribution in [0.5, 0.6) is 0 Å². The number of fused-ring (bicyclic) bond motifs is 1. The summed E-state index contributed by atoms with van der Waals surface area (Å²) in [4.78, 5) is 27.5. The molecule has 1 amide bonds. The molecular weight excluding hydrogens is 374 g/mol. The highest BCUT2D eigenvalue weighted by Gasteiger charge is 2.26. The first-order valence-corrected chi connectivity index (χ1v) is 10.5. The zero-order chi connectivity index (χ0) is 20.5. The van der Waals surface area contributed by atoms with E-state index < -0.39 is 0 Å². The van der Waals surface area contributed by atoms with Gasteiger partial charge in [-0.2, -0.15) is 0 Å². The van der Waals surface area contributed by atoms with E-state index in [-0.39, 0.29) is 11.8 Å². The van der Waals surface area contributed by atoms with E-state index in [2.05, 4.69) is 22.1 Å². The average Bonchev–Trinajstić information content (AvgIpc) is 3.40. The normalized spacial score (nSPS) is 16.8. The molecule has 0 unspecified atom stereocenters. The van der Waals surface area contributed by atoms with Crippen molar-refractivity contribution >= 4 is 16.8 Å². The highest BCUT2D eigenvalue weighted by Crippen LogP contribution is 2.27. The Kier molecular flexibility index (Phi) is 4.83. The molecule has 5 rings (SSSR count). The molecule has 6 nitrogen and oxygen atoms in total. The van der Waals surface area contributed by atoms with Crippen LogP contribution in [-0.4, -0.2) is 43.4 Å². The maximum absolute atomic E-state index is 13.1. The summed E-state index contributed by atoms with van der Waals surface area (Å²) < 4.78 is 1.99. The number of likely N-dealkylation sites (tertiary alicyclic amines) is 1. The maximum atomic E-state index is 13.1. The molecule has 1 fully saturated rings. The molecule has 1 saturated heterocycles. The van der Waals surface area contributed by atoms with Crippen molar-refractivity contribution in [2.24, 2.45) is 0 Å². The van der Waals surface area contributed by atoms with Crippen LogP contribution in [0.1, 0.15) is 35.8 Å². The number of nitrogens with one attached hydrogen (secondary N) is 1. The number of aromatic nitrogens is 4. The van der Waals surface area contributed by atoms with E-state index in [1.165, 1.54) is 0 Å². The molecule has 3 aromatic heterocycles. The third-order valence-electron chi connectivity index (χ3n) is 6.04. The van der Waals surface area contributed by atoms with Crippen LogP contribution < -0.4 is 0 Å². The van der Waals surface area contributed by atoms with Crippen LogP contribution in [0.25, 0.3) is 16.7 Å². The van der Waals surface area contributed by atoms with Crippen LogP contribution in [0.15, 0.2) is 61.1 Å². The van der Waals surface area contributed by atoms with Gasteiger partial charge in [0, 0.05) is 54.2 Å². The summed E-state index contributed by atoms with van der Waals surface area (Å²) in [5, 5.41) is 1.13. The molecule has 0 bridgehead atoms. The Labute approximate surface area is 175 Å². The molecule has 1 aromatic carbocycles. The van der Waals surface area contributed by atoms with E-state index in [1.807, 2.05) is 59.1 Å². The number of para-hydroxylation sites is 1. The second-order valence-corrected chi connectivity index (χ2v) is 7.98. The molecule has 30 heavy (non-hydrogen) atoms. The fraction of sp³-hybridized carbons (Fsp3) is 0.292. The van der Waals surface area contributed by atoms with Gasteiger partial charge in [0.25, 0.3) is 0 Å². The van der Waals surface area contributed by atoms with Gasteiger partial charge in [0.05, 0.1) is 6.42 Å². The van der Waals surface area contributed by atoms with Crippen molar-refractivity contribution in [2.75, 3.05) is 13.1 Å². The minimum absolute atomic E-state index is 0.186. The number of carbonyl (C=O) groups excluding carboxylic acids is 1. The molecule has 1 N–H and O–H groups in total. The number of H-pyrrole nitrogens is 1. The number of benzene rings is 1. The first-order chi connectivity index (χ1) is 14.7. The van der Waals surface area contributed by atoms with Gasteiger partial charge in [-0.1, -0.05) is 24.3 Å². The van der Waals surface area contributed by atoms with Crippen molar-refractivity contribution in [3.05, 3.63) is 78.1 Å². The van der Waals surface area contributed by atoms with E-state index in [0.717, 1.165) is 59.7 Å². The lowest BCUT2D eigenvalue weighted by Gasteiger charge is -2.32. The number of aryl methyl sites for hydroxylation is 1. The number of rotatable bonds is 4. The summed E-state index contributed by atoms with van der Waals surface area (Å²) in [6.07, 6.45) is 8.16. The van der Waals surface area contributed by atoms with Gasteiger partial charge in [-0.15, -0.1) is 0 Å². The molecular formula is C24H25N5O. The number of hydrogen-bond acceptors (Lipinski definition) is 3. The summed E-state index contributed by atoms with van der Waals surface area (Å²) >= 11 is 0. The van der Waals surface area contributed by atoms with Crippen LogP contribution >= 0.6 is 0 Å². The molecule has 1 atom stereocenters. The number of imidazole rings is 1. The van der Waals surface area contributed by atoms with Crippen LogP contribution in [0.2, 0.25) is 0 Å². The van der Waals surface area contributed by atoms with Crippen LogP contribution in [0.4, 0.5) is 0 Å². The average molecular weight is 399 g/mol. The minimum atomic E-state index is 0.186. The van der Waals surface area contributed by atoms with Crippen molar-refractivity contribution < 1.29 is 4.79 Å². The lowest BCUT2D eigenvalue weighted by Crippen LogP contribution is -2.40. The molecule has 152 valence electrons. The Morgan fingerprint density at radius 1 is 1.20 bits per heavy atom. The van der Waals surface area contributed by atoms with E-state index >= 15 is 0 Å². The second kappa shape index (κ2) is 7.78.